The summed E-state index contributed by atoms with van der Waals surface area (Å²) < 4.78 is 40.2. The van der Waals surface area contributed by atoms with Crippen LogP contribution in [0.1, 0.15) is 47.3 Å². The van der Waals surface area contributed by atoms with Crippen molar-refractivity contribution in [3.05, 3.63) is 65.1 Å². The summed E-state index contributed by atoms with van der Waals surface area (Å²) in [6.07, 6.45) is 0.365. The van der Waals surface area contributed by atoms with E-state index in [1.165, 1.54) is 36.1 Å². The van der Waals surface area contributed by atoms with Crippen molar-refractivity contribution >= 4 is 10.9 Å². The molecule has 0 bridgehead atoms. The average molecular weight is 426 g/mol. The Morgan fingerprint density at radius 2 is 1.90 bits per heavy atom. The first kappa shape index (κ1) is 19.7. The van der Waals surface area contributed by atoms with Gasteiger partial charge in [0, 0.05) is 24.4 Å². The van der Waals surface area contributed by atoms with Gasteiger partial charge in [0.2, 0.25) is 0 Å². The van der Waals surface area contributed by atoms with E-state index in [1.54, 1.807) is 16.8 Å². The van der Waals surface area contributed by atoms with Crippen LogP contribution in [0.5, 0.6) is 0 Å². The molecular weight excluding hydrogens is 405 g/mol. The van der Waals surface area contributed by atoms with E-state index in [9.17, 15) is 13.2 Å². The zero-order chi connectivity index (χ0) is 21.8. The first-order valence-electron chi connectivity index (χ1n) is 10.1. The fraction of sp³-hybridized carbons (Fsp3) is 0.318. The van der Waals surface area contributed by atoms with Crippen molar-refractivity contribution in [3.8, 4) is 11.4 Å². The van der Waals surface area contributed by atoms with Gasteiger partial charge in [0.05, 0.1) is 11.7 Å². The highest BCUT2D eigenvalue weighted by atomic mass is 19.4. The number of aryl methyl sites for hydroxylation is 1. The van der Waals surface area contributed by atoms with E-state index in [0.717, 1.165) is 16.7 Å². The van der Waals surface area contributed by atoms with Gasteiger partial charge in [-0.05, 0) is 41.5 Å². The molecule has 0 aliphatic heterocycles. The van der Waals surface area contributed by atoms with Gasteiger partial charge in [-0.1, -0.05) is 30.3 Å². The van der Waals surface area contributed by atoms with Crippen LogP contribution in [0.15, 0.2) is 42.6 Å². The maximum Gasteiger partial charge on any atom is 0.407 e. The van der Waals surface area contributed by atoms with Crippen LogP contribution in [0.2, 0.25) is 0 Å². The SMILES string of the molecule is Cn1nc(-c2ccc(C(N)C(F)(F)F)cc2)nc1Cc1ccc2[nH]ncc2c1C1CC1. The lowest BCUT2D eigenvalue weighted by molar-refractivity contribution is -0.149. The van der Waals surface area contributed by atoms with Crippen molar-refractivity contribution in [1.29, 1.82) is 0 Å². The monoisotopic (exact) mass is 426 g/mol. The summed E-state index contributed by atoms with van der Waals surface area (Å²) in [5, 5.41) is 12.8. The molecule has 31 heavy (non-hydrogen) atoms. The van der Waals surface area contributed by atoms with Gasteiger partial charge in [-0.3, -0.25) is 9.78 Å². The van der Waals surface area contributed by atoms with Crippen LogP contribution in [0, 0.1) is 0 Å². The number of rotatable bonds is 5. The molecule has 160 valence electrons. The van der Waals surface area contributed by atoms with Gasteiger partial charge in [-0.15, -0.1) is 0 Å². The number of hydrogen-bond donors (Lipinski definition) is 2. The van der Waals surface area contributed by atoms with Crippen molar-refractivity contribution < 1.29 is 13.2 Å². The van der Waals surface area contributed by atoms with Gasteiger partial charge in [-0.25, -0.2) is 4.98 Å². The number of alkyl halides is 3. The quantitative estimate of drug-likeness (QED) is 0.496. The first-order valence-corrected chi connectivity index (χ1v) is 10.1. The molecule has 1 aliphatic rings. The number of H-pyrrole nitrogens is 1. The second-order valence-corrected chi connectivity index (χ2v) is 8.04. The molecule has 4 aromatic rings. The number of benzene rings is 2. The topological polar surface area (TPSA) is 85.4 Å². The number of aromatic amines is 1. The van der Waals surface area contributed by atoms with Crippen LogP contribution in [0.3, 0.4) is 0 Å². The van der Waals surface area contributed by atoms with Gasteiger partial charge in [0.1, 0.15) is 11.9 Å². The summed E-state index contributed by atoms with van der Waals surface area (Å²) in [6, 6.07) is 8.04. The Hall–Kier alpha value is -3.20. The van der Waals surface area contributed by atoms with Crippen molar-refractivity contribution in [2.75, 3.05) is 0 Å². The lowest BCUT2D eigenvalue weighted by Crippen LogP contribution is -2.28. The molecule has 1 atom stereocenters. The molecule has 0 saturated heterocycles. The zero-order valence-electron chi connectivity index (χ0n) is 16.8. The number of nitrogens with two attached hydrogens (primary N) is 1. The second kappa shape index (κ2) is 7.19. The molecule has 2 heterocycles. The van der Waals surface area contributed by atoms with Gasteiger partial charge in [0.15, 0.2) is 5.82 Å². The number of nitrogens with one attached hydrogen (secondary N) is 1. The van der Waals surface area contributed by atoms with E-state index >= 15 is 0 Å². The van der Waals surface area contributed by atoms with Gasteiger partial charge in [-0.2, -0.15) is 23.4 Å². The van der Waals surface area contributed by atoms with E-state index in [4.69, 9.17) is 5.73 Å². The van der Waals surface area contributed by atoms with Crippen LogP contribution in [-0.2, 0) is 13.5 Å². The number of aromatic nitrogens is 5. The maximum absolute atomic E-state index is 12.8. The van der Waals surface area contributed by atoms with Crippen molar-refractivity contribution in [2.24, 2.45) is 12.8 Å². The standard InChI is InChI=1S/C22H21F3N6/c1-31-18(10-15-8-9-17-16(11-27-29-17)19(15)12-2-3-12)28-21(30-31)14-6-4-13(5-7-14)20(26)22(23,24)25/h4-9,11-12,20H,2-3,10,26H2,1H3,(H,27,29). The van der Waals surface area contributed by atoms with Crippen molar-refractivity contribution in [3.63, 3.8) is 0 Å². The van der Waals surface area contributed by atoms with Crippen LogP contribution < -0.4 is 5.73 Å². The Bertz CT molecular complexity index is 1230. The highest BCUT2D eigenvalue weighted by molar-refractivity contribution is 5.84. The van der Waals surface area contributed by atoms with E-state index in [-0.39, 0.29) is 5.56 Å². The lowest BCUT2D eigenvalue weighted by atomic mass is 9.96. The van der Waals surface area contributed by atoms with Crippen LogP contribution in [0.4, 0.5) is 13.2 Å². The molecule has 2 aromatic heterocycles. The second-order valence-electron chi connectivity index (χ2n) is 8.04. The van der Waals surface area contributed by atoms with E-state index in [1.807, 2.05) is 19.3 Å². The molecule has 3 N–H and O–H groups in total. The highest BCUT2D eigenvalue weighted by Crippen LogP contribution is 2.45. The molecule has 0 amide bonds. The maximum atomic E-state index is 12.8. The summed E-state index contributed by atoms with van der Waals surface area (Å²) in [7, 11) is 1.83. The third-order valence-electron chi connectivity index (χ3n) is 5.82. The summed E-state index contributed by atoms with van der Waals surface area (Å²) >= 11 is 0. The number of nitrogens with zero attached hydrogens (tertiary/aromatic N) is 4. The molecule has 1 saturated carbocycles. The number of fused-ring (bicyclic) bond motifs is 1. The fourth-order valence-corrected chi connectivity index (χ4v) is 3.98. The van der Waals surface area contributed by atoms with Crippen LogP contribution in [-0.4, -0.2) is 31.1 Å². The van der Waals surface area contributed by atoms with Crippen LogP contribution in [0.25, 0.3) is 22.3 Å². The Morgan fingerprint density at radius 3 is 2.58 bits per heavy atom. The molecule has 9 heteroatoms. The average Bonchev–Trinajstić information content (AvgIpc) is 3.35. The molecule has 0 spiro atoms. The minimum Gasteiger partial charge on any atom is -0.316 e. The Balaban J connectivity index is 1.43. The van der Waals surface area contributed by atoms with Gasteiger partial charge >= 0.3 is 6.18 Å². The van der Waals surface area contributed by atoms with Gasteiger partial charge in [0.25, 0.3) is 0 Å². The van der Waals surface area contributed by atoms with E-state index in [0.29, 0.717) is 23.7 Å². The zero-order valence-corrected chi connectivity index (χ0v) is 16.8. The van der Waals surface area contributed by atoms with E-state index in [2.05, 4.69) is 26.3 Å². The summed E-state index contributed by atoms with van der Waals surface area (Å²) in [4.78, 5) is 4.66. The number of halogens is 3. The Labute approximate surface area is 176 Å². The van der Waals surface area contributed by atoms with Crippen LogP contribution >= 0.6 is 0 Å². The molecule has 1 unspecified atom stereocenters. The third-order valence-corrected chi connectivity index (χ3v) is 5.82. The minimum atomic E-state index is -4.48. The molecule has 2 aromatic carbocycles. The summed E-state index contributed by atoms with van der Waals surface area (Å²) in [5.41, 5.74) is 9.49. The fourth-order valence-electron chi connectivity index (χ4n) is 3.98. The predicted molar refractivity (Wildman–Crippen MR) is 110 cm³/mol. The Kier molecular flexibility index (Phi) is 4.58. The number of hydrogen-bond acceptors (Lipinski definition) is 4. The van der Waals surface area contributed by atoms with E-state index < -0.39 is 12.2 Å². The van der Waals surface area contributed by atoms with Gasteiger partial charge < -0.3 is 5.73 Å². The largest absolute Gasteiger partial charge is 0.407 e. The molecule has 1 aliphatic carbocycles. The van der Waals surface area contributed by atoms with Crippen molar-refractivity contribution in [1.82, 2.24) is 25.0 Å². The molecular formula is C22H21F3N6. The normalized spacial score (nSPS) is 15.5. The molecule has 5 rings (SSSR count). The third kappa shape index (κ3) is 3.69. The smallest absolute Gasteiger partial charge is 0.316 e. The molecule has 0 radical (unpaired) electrons. The lowest BCUT2D eigenvalue weighted by Gasteiger charge is -2.15. The summed E-state index contributed by atoms with van der Waals surface area (Å²) in [5.74, 6) is 1.81. The molecule has 1 fully saturated rings. The summed E-state index contributed by atoms with van der Waals surface area (Å²) in [6.45, 7) is 0. The highest BCUT2D eigenvalue weighted by Gasteiger charge is 2.37. The molecule has 6 nitrogen and oxygen atoms in total. The van der Waals surface area contributed by atoms with Crippen molar-refractivity contribution in [2.45, 2.75) is 37.4 Å². The Morgan fingerprint density at radius 1 is 1.16 bits per heavy atom. The predicted octanol–water partition coefficient (Wildman–Crippen LogP) is 4.39. The minimum absolute atomic E-state index is 0.00916. The first-order chi connectivity index (χ1) is 14.8.